The van der Waals surface area contributed by atoms with Crippen LogP contribution in [0.5, 0.6) is 0 Å². The summed E-state index contributed by atoms with van der Waals surface area (Å²) in [6.07, 6.45) is 3.30. The Labute approximate surface area is 191 Å². The van der Waals surface area contributed by atoms with Gasteiger partial charge >= 0.3 is 0 Å². The molecule has 6 nitrogen and oxygen atoms in total. The van der Waals surface area contributed by atoms with Crippen molar-refractivity contribution in [2.75, 3.05) is 11.4 Å². The molecular formula is C23H19BrN4O2S. The average molecular weight is 495 g/mol. The normalized spacial score (nSPS) is 10.9. The van der Waals surface area contributed by atoms with Gasteiger partial charge in [0.25, 0.3) is 5.56 Å². The van der Waals surface area contributed by atoms with Crippen molar-refractivity contribution in [1.82, 2.24) is 14.5 Å². The molecule has 4 aromatic rings. The monoisotopic (exact) mass is 494 g/mol. The molecular weight excluding hydrogens is 476 g/mol. The molecule has 8 heteroatoms. The van der Waals surface area contributed by atoms with E-state index in [9.17, 15) is 9.59 Å². The predicted octanol–water partition coefficient (Wildman–Crippen LogP) is 4.89. The maximum atomic E-state index is 13.0. The lowest BCUT2D eigenvalue weighted by Crippen LogP contribution is -2.32. The van der Waals surface area contributed by atoms with Gasteiger partial charge in [-0.1, -0.05) is 52.3 Å². The fourth-order valence-electron chi connectivity index (χ4n) is 3.19. The smallest absolute Gasteiger partial charge is 0.261 e. The van der Waals surface area contributed by atoms with Gasteiger partial charge in [0.1, 0.15) is 0 Å². The standard InChI is InChI=1S/C23H19BrN4O2S/c1-2-11-28(23-26-20(14-31-23)16-6-4-3-5-7-16)21(29)10-12-27-15-25-19-9-8-17(24)13-18(19)22(27)30/h2-9,13-15H,1,10-12H2. The van der Waals surface area contributed by atoms with Crippen LogP contribution in [0.2, 0.25) is 0 Å². The van der Waals surface area contributed by atoms with Crippen LogP contribution in [0, 0.1) is 0 Å². The average Bonchev–Trinajstić information content (AvgIpc) is 3.28. The summed E-state index contributed by atoms with van der Waals surface area (Å²) in [6.45, 7) is 4.34. The van der Waals surface area contributed by atoms with Crippen LogP contribution in [0.4, 0.5) is 5.13 Å². The minimum absolute atomic E-state index is 0.130. The molecule has 0 atom stereocenters. The molecule has 0 fully saturated rings. The number of benzene rings is 2. The zero-order chi connectivity index (χ0) is 21.8. The van der Waals surface area contributed by atoms with Crippen molar-refractivity contribution in [3.63, 3.8) is 0 Å². The fourth-order valence-corrected chi connectivity index (χ4v) is 4.41. The molecule has 31 heavy (non-hydrogen) atoms. The van der Waals surface area contributed by atoms with Gasteiger partial charge in [-0.15, -0.1) is 17.9 Å². The molecule has 2 aromatic carbocycles. The maximum absolute atomic E-state index is 13.0. The number of thiazole rings is 1. The number of amides is 1. The molecule has 0 saturated heterocycles. The topological polar surface area (TPSA) is 68.1 Å². The Balaban J connectivity index is 1.53. The zero-order valence-corrected chi connectivity index (χ0v) is 19.0. The van der Waals surface area contributed by atoms with E-state index in [4.69, 9.17) is 0 Å². The summed E-state index contributed by atoms with van der Waals surface area (Å²) in [4.78, 5) is 36.3. The quantitative estimate of drug-likeness (QED) is 0.343. The summed E-state index contributed by atoms with van der Waals surface area (Å²) >= 11 is 4.79. The Morgan fingerprint density at radius 3 is 2.81 bits per heavy atom. The number of rotatable bonds is 7. The highest BCUT2D eigenvalue weighted by Crippen LogP contribution is 2.27. The van der Waals surface area contributed by atoms with Crippen molar-refractivity contribution in [2.45, 2.75) is 13.0 Å². The van der Waals surface area contributed by atoms with Crippen LogP contribution in [0.15, 0.2) is 82.2 Å². The van der Waals surface area contributed by atoms with Gasteiger partial charge in [-0.05, 0) is 18.2 Å². The minimum Gasteiger partial charge on any atom is -0.298 e. The van der Waals surface area contributed by atoms with Crippen molar-refractivity contribution in [3.8, 4) is 11.3 Å². The summed E-state index contributed by atoms with van der Waals surface area (Å²) in [5, 5.41) is 3.06. The van der Waals surface area contributed by atoms with Crippen molar-refractivity contribution in [2.24, 2.45) is 0 Å². The summed E-state index contributed by atoms with van der Waals surface area (Å²) < 4.78 is 2.28. The molecule has 2 aromatic heterocycles. The molecule has 0 spiro atoms. The van der Waals surface area contributed by atoms with Crippen LogP contribution in [-0.4, -0.2) is 27.0 Å². The van der Waals surface area contributed by atoms with Gasteiger partial charge in [-0.25, -0.2) is 9.97 Å². The summed E-state index contributed by atoms with van der Waals surface area (Å²) in [5.74, 6) is -0.130. The second-order valence-electron chi connectivity index (χ2n) is 6.83. The number of aryl methyl sites for hydroxylation is 1. The van der Waals surface area contributed by atoms with Crippen LogP contribution in [0.1, 0.15) is 6.42 Å². The lowest BCUT2D eigenvalue weighted by molar-refractivity contribution is -0.118. The first-order chi connectivity index (χ1) is 15.1. The number of hydrogen-bond acceptors (Lipinski definition) is 5. The Morgan fingerprint density at radius 1 is 1.23 bits per heavy atom. The third-order valence-corrected chi connectivity index (χ3v) is 6.11. The van der Waals surface area contributed by atoms with Gasteiger partial charge in [0.15, 0.2) is 5.13 Å². The number of aromatic nitrogens is 3. The van der Waals surface area contributed by atoms with Crippen LogP contribution in [-0.2, 0) is 11.3 Å². The Hall–Kier alpha value is -3.10. The van der Waals surface area contributed by atoms with Gasteiger partial charge in [0.05, 0.1) is 22.9 Å². The molecule has 0 radical (unpaired) electrons. The lowest BCUT2D eigenvalue weighted by atomic mass is 10.2. The van der Waals surface area contributed by atoms with E-state index < -0.39 is 0 Å². The molecule has 4 rings (SSSR count). The molecule has 0 N–H and O–H groups in total. The number of carbonyl (C=O) groups is 1. The largest absolute Gasteiger partial charge is 0.298 e. The van der Waals surface area contributed by atoms with E-state index in [0.717, 1.165) is 15.7 Å². The Morgan fingerprint density at radius 2 is 2.03 bits per heavy atom. The highest BCUT2D eigenvalue weighted by atomic mass is 79.9. The maximum Gasteiger partial charge on any atom is 0.261 e. The Kier molecular flexibility index (Phi) is 6.39. The second kappa shape index (κ2) is 9.36. The SMILES string of the molecule is C=CCN(C(=O)CCn1cnc2ccc(Br)cc2c1=O)c1nc(-c2ccccc2)cs1. The van der Waals surface area contributed by atoms with E-state index in [1.165, 1.54) is 22.2 Å². The van der Waals surface area contributed by atoms with E-state index in [2.05, 4.69) is 32.5 Å². The summed E-state index contributed by atoms with van der Waals surface area (Å²) in [6, 6.07) is 15.2. The molecule has 156 valence electrons. The van der Waals surface area contributed by atoms with Crippen LogP contribution in [0.3, 0.4) is 0 Å². The number of fused-ring (bicyclic) bond motifs is 1. The number of nitrogens with zero attached hydrogens (tertiary/aromatic N) is 4. The second-order valence-corrected chi connectivity index (χ2v) is 8.58. The van der Waals surface area contributed by atoms with Gasteiger partial charge in [-0.3, -0.25) is 19.1 Å². The highest BCUT2D eigenvalue weighted by molar-refractivity contribution is 9.10. The molecule has 0 aliphatic carbocycles. The molecule has 2 heterocycles. The van der Waals surface area contributed by atoms with Crippen LogP contribution in [0.25, 0.3) is 22.2 Å². The van der Waals surface area contributed by atoms with Crippen molar-refractivity contribution >= 4 is 49.2 Å². The van der Waals surface area contributed by atoms with Crippen molar-refractivity contribution < 1.29 is 4.79 Å². The first-order valence-corrected chi connectivity index (χ1v) is 11.3. The Bertz CT molecular complexity index is 1300. The molecule has 0 unspecified atom stereocenters. The number of carbonyl (C=O) groups excluding carboxylic acids is 1. The minimum atomic E-state index is -0.171. The highest BCUT2D eigenvalue weighted by Gasteiger charge is 2.19. The molecule has 0 bridgehead atoms. The summed E-state index contributed by atoms with van der Waals surface area (Å²) in [7, 11) is 0. The lowest BCUT2D eigenvalue weighted by Gasteiger charge is -2.18. The van der Waals surface area contributed by atoms with E-state index in [-0.39, 0.29) is 24.4 Å². The first kappa shape index (κ1) is 21.1. The van der Waals surface area contributed by atoms with E-state index in [1.807, 2.05) is 41.8 Å². The first-order valence-electron chi connectivity index (χ1n) is 9.63. The molecule has 1 amide bonds. The van der Waals surface area contributed by atoms with Crippen molar-refractivity contribution in [1.29, 1.82) is 0 Å². The third kappa shape index (κ3) is 4.65. The van der Waals surface area contributed by atoms with E-state index in [0.29, 0.717) is 22.6 Å². The van der Waals surface area contributed by atoms with Crippen LogP contribution < -0.4 is 10.5 Å². The van der Waals surface area contributed by atoms with Crippen molar-refractivity contribution in [3.05, 3.63) is 87.7 Å². The third-order valence-electron chi connectivity index (χ3n) is 4.76. The van der Waals surface area contributed by atoms with Gasteiger partial charge in [0.2, 0.25) is 5.91 Å². The van der Waals surface area contributed by atoms with Gasteiger partial charge < -0.3 is 0 Å². The summed E-state index contributed by atoms with van der Waals surface area (Å²) in [5.41, 5.74) is 2.27. The molecule has 0 aliphatic rings. The van der Waals surface area contributed by atoms with Gasteiger partial charge in [-0.2, -0.15) is 0 Å². The van der Waals surface area contributed by atoms with Crippen LogP contribution >= 0.6 is 27.3 Å². The fraction of sp³-hybridized carbons (Fsp3) is 0.130. The zero-order valence-electron chi connectivity index (χ0n) is 16.6. The number of anilines is 1. The number of hydrogen-bond donors (Lipinski definition) is 0. The molecule has 0 saturated carbocycles. The van der Waals surface area contributed by atoms with E-state index >= 15 is 0 Å². The molecule has 0 aliphatic heterocycles. The van der Waals surface area contributed by atoms with E-state index in [1.54, 1.807) is 23.1 Å². The van der Waals surface area contributed by atoms with Gasteiger partial charge in [0, 0.05) is 34.9 Å². The predicted molar refractivity (Wildman–Crippen MR) is 128 cm³/mol. The number of halogens is 1.